The largest absolute Gasteiger partial charge is 0.323 e. The quantitative estimate of drug-likeness (QED) is 0.425. The lowest BCUT2D eigenvalue weighted by Gasteiger charge is -2.10. The SMILES string of the molecule is O=C(CSc1nnc(-c2ccc(F)cc2)n1-c1ccccc1)Nc1ccc(F)cc1F. The lowest BCUT2D eigenvalue weighted by molar-refractivity contribution is -0.113. The van der Waals surface area contributed by atoms with Crippen molar-refractivity contribution >= 4 is 23.4 Å². The average molecular weight is 440 g/mol. The van der Waals surface area contributed by atoms with Gasteiger partial charge in [0.15, 0.2) is 11.0 Å². The third kappa shape index (κ3) is 4.77. The highest BCUT2D eigenvalue weighted by Gasteiger charge is 2.18. The van der Waals surface area contributed by atoms with Crippen molar-refractivity contribution in [2.75, 3.05) is 11.1 Å². The summed E-state index contributed by atoms with van der Waals surface area (Å²) in [6, 6.07) is 18.0. The first-order valence-electron chi connectivity index (χ1n) is 9.16. The second kappa shape index (κ2) is 9.05. The molecule has 3 aromatic carbocycles. The van der Waals surface area contributed by atoms with Crippen LogP contribution in [0.1, 0.15) is 0 Å². The zero-order valence-corrected chi connectivity index (χ0v) is 16.7. The van der Waals surface area contributed by atoms with Crippen molar-refractivity contribution in [1.29, 1.82) is 0 Å². The molecule has 0 saturated carbocycles. The number of aromatic nitrogens is 3. The van der Waals surface area contributed by atoms with Crippen LogP contribution in [-0.4, -0.2) is 26.4 Å². The molecule has 1 aromatic heterocycles. The fourth-order valence-electron chi connectivity index (χ4n) is 2.87. The van der Waals surface area contributed by atoms with Gasteiger partial charge in [0.25, 0.3) is 0 Å². The summed E-state index contributed by atoms with van der Waals surface area (Å²) in [5, 5.41) is 11.2. The Morgan fingerprint density at radius 1 is 0.903 bits per heavy atom. The Labute approximate surface area is 179 Å². The predicted molar refractivity (Wildman–Crippen MR) is 112 cm³/mol. The van der Waals surface area contributed by atoms with Crippen molar-refractivity contribution in [2.24, 2.45) is 0 Å². The smallest absolute Gasteiger partial charge is 0.234 e. The van der Waals surface area contributed by atoms with Gasteiger partial charge in [-0.15, -0.1) is 10.2 Å². The van der Waals surface area contributed by atoms with Gasteiger partial charge in [-0.2, -0.15) is 0 Å². The Hall–Kier alpha value is -3.59. The second-order valence-corrected chi connectivity index (χ2v) is 7.39. The maximum absolute atomic E-state index is 13.8. The van der Waals surface area contributed by atoms with Crippen LogP contribution in [0, 0.1) is 17.5 Å². The highest BCUT2D eigenvalue weighted by molar-refractivity contribution is 7.99. The van der Waals surface area contributed by atoms with Gasteiger partial charge in [-0.25, -0.2) is 13.2 Å². The number of amides is 1. The molecule has 4 rings (SSSR count). The van der Waals surface area contributed by atoms with E-state index in [-0.39, 0.29) is 17.3 Å². The number of nitrogens with zero attached hydrogens (tertiary/aromatic N) is 3. The summed E-state index contributed by atoms with van der Waals surface area (Å²) in [5.41, 5.74) is 1.31. The molecule has 1 amide bonds. The van der Waals surface area contributed by atoms with Crippen LogP contribution in [0.3, 0.4) is 0 Å². The molecule has 0 radical (unpaired) electrons. The number of carbonyl (C=O) groups excluding carboxylic acids is 1. The van der Waals surface area contributed by atoms with E-state index in [1.165, 1.54) is 12.1 Å². The second-order valence-electron chi connectivity index (χ2n) is 6.45. The van der Waals surface area contributed by atoms with E-state index in [0.29, 0.717) is 22.6 Å². The Bertz CT molecular complexity index is 1210. The molecule has 1 N–H and O–H groups in total. The van der Waals surface area contributed by atoms with E-state index >= 15 is 0 Å². The summed E-state index contributed by atoms with van der Waals surface area (Å²) in [7, 11) is 0. The summed E-state index contributed by atoms with van der Waals surface area (Å²) in [4.78, 5) is 12.3. The molecule has 4 aromatic rings. The minimum atomic E-state index is -0.857. The molecular weight excluding hydrogens is 425 g/mol. The minimum absolute atomic E-state index is 0.0782. The highest BCUT2D eigenvalue weighted by Crippen LogP contribution is 2.28. The lowest BCUT2D eigenvalue weighted by Crippen LogP contribution is -2.15. The number of anilines is 1. The summed E-state index contributed by atoms with van der Waals surface area (Å²) in [6.45, 7) is 0. The fraction of sp³-hybridized carbons (Fsp3) is 0.0455. The van der Waals surface area contributed by atoms with E-state index in [0.717, 1.165) is 29.6 Å². The number of carbonyl (C=O) groups is 1. The van der Waals surface area contributed by atoms with Crippen molar-refractivity contribution in [3.63, 3.8) is 0 Å². The molecule has 31 heavy (non-hydrogen) atoms. The van der Waals surface area contributed by atoms with Gasteiger partial charge in [-0.3, -0.25) is 9.36 Å². The van der Waals surface area contributed by atoms with Gasteiger partial charge in [0, 0.05) is 17.3 Å². The predicted octanol–water partition coefficient (Wildman–Crippen LogP) is 5.08. The van der Waals surface area contributed by atoms with E-state index in [4.69, 9.17) is 0 Å². The monoisotopic (exact) mass is 440 g/mol. The molecular formula is C22H15F3N4OS. The molecule has 0 aliphatic carbocycles. The number of halogens is 3. The van der Waals surface area contributed by atoms with Crippen molar-refractivity contribution in [1.82, 2.24) is 14.8 Å². The van der Waals surface area contributed by atoms with Gasteiger partial charge in [0.05, 0.1) is 11.4 Å². The van der Waals surface area contributed by atoms with Crippen LogP contribution < -0.4 is 5.32 Å². The normalized spacial score (nSPS) is 10.8. The molecule has 0 aliphatic heterocycles. The third-order valence-corrected chi connectivity index (χ3v) is 5.22. The van der Waals surface area contributed by atoms with Gasteiger partial charge >= 0.3 is 0 Å². The average Bonchev–Trinajstić information content (AvgIpc) is 3.19. The zero-order valence-electron chi connectivity index (χ0n) is 15.9. The van der Waals surface area contributed by atoms with Gasteiger partial charge < -0.3 is 5.32 Å². The van der Waals surface area contributed by atoms with Crippen molar-refractivity contribution in [3.8, 4) is 17.1 Å². The molecule has 0 aliphatic rings. The molecule has 0 saturated heterocycles. The van der Waals surface area contributed by atoms with Crippen molar-refractivity contribution in [2.45, 2.75) is 5.16 Å². The van der Waals surface area contributed by atoms with Gasteiger partial charge in [-0.1, -0.05) is 30.0 Å². The summed E-state index contributed by atoms with van der Waals surface area (Å²) < 4.78 is 41.9. The Balaban J connectivity index is 1.58. The van der Waals surface area contributed by atoms with E-state index < -0.39 is 17.5 Å². The Kier molecular flexibility index (Phi) is 6.03. The Morgan fingerprint density at radius 3 is 2.32 bits per heavy atom. The molecule has 0 fully saturated rings. The zero-order chi connectivity index (χ0) is 21.8. The van der Waals surface area contributed by atoms with Gasteiger partial charge in [-0.05, 0) is 48.5 Å². The van der Waals surface area contributed by atoms with Crippen molar-refractivity contribution in [3.05, 3.63) is 90.2 Å². The highest BCUT2D eigenvalue weighted by atomic mass is 32.2. The number of nitrogens with one attached hydrogen (secondary N) is 1. The number of thioether (sulfide) groups is 1. The maximum Gasteiger partial charge on any atom is 0.234 e. The first-order chi connectivity index (χ1) is 15.0. The van der Waals surface area contributed by atoms with E-state index in [1.807, 2.05) is 30.3 Å². The number of benzene rings is 3. The molecule has 156 valence electrons. The molecule has 0 unspecified atom stereocenters. The summed E-state index contributed by atoms with van der Waals surface area (Å²) in [5.74, 6) is -2.03. The first kappa shape index (κ1) is 20.7. The van der Waals surface area contributed by atoms with E-state index in [2.05, 4.69) is 15.5 Å². The molecule has 0 atom stereocenters. The lowest BCUT2D eigenvalue weighted by atomic mass is 10.2. The third-order valence-electron chi connectivity index (χ3n) is 4.29. The van der Waals surface area contributed by atoms with Gasteiger partial charge in [0.2, 0.25) is 5.91 Å². The van der Waals surface area contributed by atoms with Crippen LogP contribution in [0.4, 0.5) is 18.9 Å². The maximum atomic E-state index is 13.8. The number of para-hydroxylation sites is 1. The number of rotatable bonds is 6. The van der Waals surface area contributed by atoms with Crippen LogP contribution in [0.25, 0.3) is 17.1 Å². The van der Waals surface area contributed by atoms with Crippen LogP contribution in [0.5, 0.6) is 0 Å². The number of hydrogen-bond donors (Lipinski definition) is 1. The summed E-state index contributed by atoms with van der Waals surface area (Å²) in [6.07, 6.45) is 0. The van der Waals surface area contributed by atoms with Crippen LogP contribution in [-0.2, 0) is 4.79 Å². The molecule has 0 bridgehead atoms. The minimum Gasteiger partial charge on any atom is -0.323 e. The van der Waals surface area contributed by atoms with Crippen LogP contribution in [0.2, 0.25) is 0 Å². The fourth-order valence-corrected chi connectivity index (χ4v) is 3.62. The Morgan fingerprint density at radius 2 is 1.61 bits per heavy atom. The standard InChI is InChI=1S/C22H15F3N4OS/c23-15-8-6-14(7-9-15)21-27-28-22(29(21)17-4-2-1-3-5-17)31-13-20(30)26-19-11-10-16(24)12-18(19)25/h1-12H,13H2,(H,26,30). The number of hydrogen-bond acceptors (Lipinski definition) is 4. The molecule has 9 heteroatoms. The van der Waals surface area contributed by atoms with Crippen LogP contribution >= 0.6 is 11.8 Å². The summed E-state index contributed by atoms with van der Waals surface area (Å²) >= 11 is 1.10. The molecule has 1 heterocycles. The van der Waals surface area contributed by atoms with E-state index in [9.17, 15) is 18.0 Å². The molecule has 0 spiro atoms. The molecule has 5 nitrogen and oxygen atoms in total. The van der Waals surface area contributed by atoms with Gasteiger partial charge in [0.1, 0.15) is 17.5 Å². The van der Waals surface area contributed by atoms with E-state index in [1.54, 1.807) is 16.7 Å². The topological polar surface area (TPSA) is 59.8 Å². The van der Waals surface area contributed by atoms with Crippen LogP contribution in [0.15, 0.2) is 78.0 Å². The van der Waals surface area contributed by atoms with Crippen molar-refractivity contribution < 1.29 is 18.0 Å². The first-order valence-corrected chi connectivity index (χ1v) is 10.1.